The summed E-state index contributed by atoms with van der Waals surface area (Å²) in [7, 11) is 0. The Labute approximate surface area is 139 Å². The number of benzene rings is 1. The van der Waals surface area contributed by atoms with Crippen LogP contribution in [0.1, 0.15) is 32.3 Å². The van der Waals surface area contributed by atoms with Gasteiger partial charge in [0.25, 0.3) is 0 Å². The Kier molecular flexibility index (Phi) is 4.80. The zero-order chi connectivity index (χ0) is 17.3. The van der Waals surface area contributed by atoms with E-state index >= 15 is 0 Å². The average molecular weight is 336 g/mol. The second kappa shape index (κ2) is 6.46. The Morgan fingerprint density at radius 2 is 1.57 bits per heavy atom. The normalized spacial score (nSPS) is 17.0. The van der Waals surface area contributed by atoms with E-state index in [9.17, 15) is 19.8 Å². The van der Waals surface area contributed by atoms with Crippen molar-refractivity contribution in [2.75, 3.05) is 0 Å². The van der Waals surface area contributed by atoms with Crippen molar-refractivity contribution in [2.45, 2.75) is 26.7 Å². The van der Waals surface area contributed by atoms with E-state index in [4.69, 9.17) is 11.6 Å². The second-order valence-electron chi connectivity index (χ2n) is 5.60. The van der Waals surface area contributed by atoms with E-state index in [1.54, 1.807) is 45.0 Å². The molecule has 0 saturated heterocycles. The number of carboxylic acids is 2. The first-order chi connectivity index (χ1) is 10.8. The number of dihydropyridines is 1. The lowest BCUT2D eigenvalue weighted by atomic mass is 9.74. The van der Waals surface area contributed by atoms with Crippen molar-refractivity contribution in [1.29, 1.82) is 0 Å². The van der Waals surface area contributed by atoms with Gasteiger partial charge in [-0.15, -0.1) is 0 Å². The van der Waals surface area contributed by atoms with Gasteiger partial charge < -0.3 is 15.5 Å². The molecule has 0 aromatic heterocycles. The molecular formula is C17H18ClNO4. The van der Waals surface area contributed by atoms with Gasteiger partial charge in [-0.1, -0.05) is 36.7 Å². The van der Waals surface area contributed by atoms with Crippen LogP contribution in [0.25, 0.3) is 0 Å². The smallest absolute Gasteiger partial charge is 0.333 e. The maximum Gasteiger partial charge on any atom is 0.333 e. The van der Waals surface area contributed by atoms with Gasteiger partial charge in [-0.05, 0) is 31.4 Å². The maximum absolute atomic E-state index is 11.7. The van der Waals surface area contributed by atoms with E-state index in [-0.39, 0.29) is 11.1 Å². The van der Waals surface area contributed by atoms with Gasteiger partial charge in [0.15, 0.2) is 0 Å². The van der Waals surface area contributed by atoms with Crippen molar-refractivity contribution in [3.8, 4) is 0 Å². The highest BCUT2D eigenvalue weighted by molar-refractivity contribution is 6.31. The van der Waals surface area contributed by atoms with Crippen LogP contribution in [-0.4, -0.2) is 22.2 Å². The SMILES string of the molecule is CC1=C(C(=O)O)C(C(C)c2ccccc2Cl)C(C(=O)O)=C(C)N1. The molecular weight excluding hydrogens is 318 g/mol. The molecule has 1 aromatic carbocycles. The first-order valence-corrected chi connectivity index (χ1v) is 7.53. The zero-order valence-electron chi connectivity index (χ0n) is 13.1. The third-order valence-corrected chi connectivity index (χ3v) is 4.51. The number of halogens is 1. The topological polar surface area (TPSA) is 86.6 Å². The standard InChI is InChI=1S/C17H18ClNO4/c1-8(11-6-4-5-7-12(11)18)13-14(16(20)21)9(2)19-10(3)15(13)17(22)23/h4-8,13,19H,1-3H3,(H,20,21)(H,22,23). The first-order valence-electron chi connectivity index (χ1n) is 7.15. The van der Waals surface area contributed by atoms with E-state index in [1.807, 2.05) is 0 Å². The fourth-order valence-electron chi connectivity index (χ4n) is 3.14. The van der Waals surface area contributed by atoms with E-state index in [2.05, 4.69) is 5.32 Å². The number of hydrogen-bond acceptors (Lipinski definition) is 3. The molecule has 0 amide bonds. The Bertz CT molecular complexity index is 700. The molecule has 6 heteroatoms. The average Bonchev–Trinajstić information content (AvgIpc) is 2.45. The van der Waals surface area contributed by atoms with Crippen molar-refractivity contribution in [3.63, 3.8) is 0 Å². The number of nitrogens with one attached hydrogen (secondary N) is 1. The first kappa shape index (κ1) is 17.1. The molecule has 3 N–H and O–H groups in total. The minimum absolute atomic E-state index is 0.0559. The molecule has 1 unspecified atom stereocenters. The molecule has 0 radical (unpaired) electrons. The van der Waals surface area contributed by atoms with Crippen molar-refractivity contribution in [2.24, 2.45) is 5.92 Å². The highest BCUT2D eigenvalue weighted by Crippen LogP contribution is 2.42. The van der Waals surface area contributed by atoms with E-state index < -0.39 is 23.8 Å². The van der Waals surface area contributed by atoms with Crippen molar-refractivity contribution >= 4 is 23.5 Å². The van der Waals surface area contributed by atoms with Crippen LogP contribution in [0.2, 0.25) is 5.02 Å². The van der Waals surface area contributed by atoms with Gasteiger partial charge in [-0.2, -0.15) is 0 Å². The molecule has 2 rings (SSSR count). The quantitative estimate of drug-likeness (QED) is 0.785. The summed E-state index contributed by atoms with van der Waals surface area (Å²) in [4.78, 5) is 23.4. The van der Waals surface area contributed by atoms with Crippen LogP contribution >= 0.6 is 11.6 Å². The Balaban J connectivity index is 2.65. The molecule has 5 nitrogen and oxygen atoms in total. The van der Waals surface area contributed by atoms with Crippen LogP contribution in [0.5, 0.6) is 0 Å². The molecule has 23 heavy (non-hydrogen) atoms. The minimum Gasteiger partial charge on any atom is -0.478 e. The van der Waals surface area contributed by atoms with E-state index in [0.29, 0.717) is 16.4 Å². The van der Waals surface area contributed by atoms with Gasteiger partial charge in [0.05, 0.1) is 11.1 Å². The summed E-state index contributed by atoms with van der Waals surface area (Å²) >= 11 is 6.22. The van der Waals surface area contributed by atoms with Gasteiger partial charge in [-0.25, -0.2) is 9.59 Å². The lowest BCUT2D eigenvalue weighted by Crippen LogP contribution is -2.34. The Morgan fingerprint density at radius 1 is 1.09 bits per heavy atom. The highest BCUT2D eigenvalue weighted by atomic mass is 35.5. The number of rotatable bonds is 4. The third kappa shape index (κ3) is 3.10. The van der Waals surface area contributed by atoms with Crippen molar-refractivity contribution in [1.82, 2.24) is 5.32 Å². The van der Waals surface area contributed by atoms with Gasteiger partial charge in [0, 0.05) is 22.3 Å². The monoisotopic (exact) mass is 335 g/mol. The summed E-state index contributed by atoms with van der Waals surface area (Å²) in [6, 6.07) is 7.08. The second-order valence-corrected chi connectivity index (χ2v) is 6.01. The van der Waals surface area contributed by atoms with Crippen LogP contribution in [0.15, 0.2) is 46.8 Å². The van der Waals surface area contributed by atoms with Crippen LogP contribution in [-0.2, 0) is 9.59 Å². The minimum atomic E-state index is -1.13. The highest BCUT2D eigenvalue weighted by Gasteiger charge is 2.39. The summed E-state index contributed by atoms with van der Waals surface area (Å²) < 4.78 is 0. The van der Waals surface area contributed by atoms with Crippen molar-refractivity contribution in [3.05, 3.63) is 57.4 Å². The molecule has 0 saturated carbocycles. The summed E-state index contributed by atoms with van der Waals surface area (Å²) in [5.74, 6) is -3.45. The Hall–Kier alpha value is -2.27. The Morgan fingerprint density at radius 3 is 2.00 bits per heavy atom. The van der Waals surface area contributed by atoms with E-state index in [1.165, 1.54) is 0 Å². The van der Waals surface area contributed by atoms with Crippen LogP contribution in [0, 0.1) is 5.92 Å². The van der Waals surface area contributed by atoms with Crippen LogP contribution in [0.4, 0.5) is 0 Å². The lowest BCUT2D eigenvalue weighted by molar-refractivity contribution is -0.134. The predicted octanol–water partition coefficient (Wildman–Crippen LogP) is 3.38. The zero-order valence-corrected chi connectivity index (χ0v) is 13.8. The molecule has 0 spiro atoms. The largest absolute Gasteiger partial charge is 0.478 e. The van der Waals surface area contributed by atoms with Crippen molar-refractivity contribution < 1.29 is 19.8 Å². The fraction of sp³-hybridized carbons (Fsp3) is 0.294. The van der Waals surface area contributed by atoms with Gasteiger partial charge in [0.1, 0.15) is 0 Å². The fourth-order valence-corrected chi connectivity index (χ4v) is 3.45. The van der Waals surface area contributed by atoms with Gasteiger partial charge in [-0.3, -0.25) is 0 Å². The summed E-state index contributed by atoms with van der Waals surface area (Å²) in [6.45, 7) is 5.07. The third-order valence-electron chi connectivity index (χ3n) is 4.16. The maximum atomic E-state index is 11.7. The summed E-state index contributed by atoms with van der Waals surface area (Å²) in [5, 5.41) is 22.5. The molecule has 0 bridgehead atoms. The lowest BCUT2D eigenvalue weighted by Gasteiger charge is -2.32. The predicted molar refractivity (Wildman–Crippen MR) is 87.2 cm³/mol. The molecule has 0 aliphatic carbocycles. The van der Waals surface area contributed by atoms with Gasteiger partial charge in [0.2, 0.25) is 0 Å². The molecule has 0 fully saturated rings. The molecule has 1 aliphatic heterocycles. The number of allylic oxidation sites excluding steroid dienone is 2. The molecule has 1 aliphatic rings. The number of carbonyl (C=O) groups is 2. The van der Waals surface area contributed by atoms with Crippen LogP contribution < -0.4 is 5.32 Å². The molecule has 122 valence electrons. The summed E-state index contributed by atoms with van der Waals surface area (Å²) in [6.07, 6.45) is 0. The number of aliphatic carboxylic acids is 2. The molecule has 1 aromatic rings. The summed E-state index contributed by atoms with van der Waals surface area (Å²) in [5.41, 5.74) is 1.73. The van der Waals surface area contributed by atoms with Gasteiger partial charge >= 0.3 is 11.9 Å². The number of carboxylic acid groups (broad SMARTS) is 2. The molecule has 1 atom stereocenters. The number of hydrogen-bond donors (Lipinski definition) is 3. The molecule has 1 heterocycles. The van der Waals surface area contributed by atoms with E-state index in [0.717, 1.165) is 5.56 Å². The van der Waals surface area contributed by atoms with Crippen LogP contribution in [0.3, 0.4) is 0 Å².